The molecule has 1 amide bonds. The van der Waals surface area contributed by atoms with Crippen LogP contribution in [-0.2, 0) is 10.5 Å². The van der Waals surface area contributed by atoms with Crippen LogP contribution >= 0.6 is 11.8 Å². The molecule has 0 aromatic heterocycles. The minimum atomic E-state index is -0.164. The van der Waals surface area contributed by atoms with Crippen molar-refractivity contribution in [3.05, 3.63) is 81.9 Å². The first kappa shape index (κ1) is 16.4. The van der Waals surface area contributed by atoms with Crippen molar-refractivity contribution in [1.29, 1.82) is 5.26 Å². The normalized spacial score (nSPS) is 17.3. The summed E-state index contributed by atoms with van der Waals surface area (Å²) < 4.78 is 0. The molecule has 1 N–H and O–H groups in total. The molecule has 1 atom stereocenters. The van der Waals surface area contributed by atoms with E-state index in [0.717, 1.165) is 16.9 Å². The van der Waals surface area contributed by atoms with Gasteiger partial charge in [0, 0.05) is 18.1 Å². The highest BCUT2D eigenvalue weighted by molar-refractivity contribution is 8.02. The number of carbonyl (C=O) groups is 1. The first-order chi connectivity index (χ1) is 11.7. The second kappa shape index (κ2) is 7.37. The molecule has 3 nitrogen and oxygen atoms in total. The number of hydrogen-bond donors (Lipinski definition) is 1. The second-order valence-electron chi connectivity index (χ2n) is 5.79. The van der Waals surface area contributed by atoms with Crippen LogP contribution in [-0.4, -0.2) is 5.91 Å². The zero-order chi connectivity index (χ0) is 16.9. The van der Waals surface area contributed by atoms with Gasteiger partial charge in [0.05, 0.1) is 16.7 Å². The number of carbonyl (C=O) groups excluding carboxylic acids is 1. The van der Waals surface area contributed by atoms with Crippen molar-refractivity contribution in [2.45, 2.75) is 25.0 Å². The molecule has 1 aliphatic rings. The highest BCUT2D eigenvalue weighted by Crippen LogP contribution is 2.37. The number of nitriles is 1. The smallest absolute Gasteiger partial charge is 0.225 e. The van der Waals surface area contributed by atoms with Crippen LogP contribution < -0.4 is 5.32 Å². The molecule has 120 valence electrons. The largest absolute Gasteiger partial charge is 0.320 e. The Bertz CT molecular complexity index is 821. The second-order valence-corrected chi connectivity index (χ2v) is 6.78. The molecule has 2 aromatic carbocycles. The predicted molar refractivity (Wildman–Crippen MR) is 97.1 cm³/mol. The van der Waals surface area contributed by atoms with Gasteiger partial charge < -0.3 is 5.32 Å². The molecule has 0 aliphatic carbocycles. The monoisotopic (exact) mass is 334 g/mol. The lowest BCUT2D eigenvalue weighted by Crippen LogP contribution is -2.31. The number of rotatable bonds is 4. The SMILES string of the molecule is Cc1ccccc1[C@@H]1CC(=O)NC(SCc2ccccc2)=C1C#N. The number of nitrogens with zero attached hydrogens (tertiary/aromatic N) is 1. The molecule has 4 heteroatoms. The summed E-state index contributed by atoms with van der Waals surface area (Å²) in [5.41, 5.74) is 3.99. The van der Waals surface area contributed by atoms with Gasteiger partial charge in [0.25, 0.3) is 0 Å². The molecular weight excluding hydrogens is 316 g/mol. The fourth-order valence-corrected chi connectivity index (χ4v) is 3.94. The summed E-state index contributed by atoms with van der Waals surface area (Å²) in [5, 5.41) is 13.3. The Labute approximate surface area is 146 Å². The summed E-state index contributed by atoms with van der Waals surface area (Å²) in [7, 11) is 0. The number of aryl methyl sites for hydroxylation is 1. The number of nitrogens with one attached hydrogen (secondary N) is 1. The van der Waals surface area contributed by atoms with Gasteiger partial charge in [-0.2, -0.15) is 5.26 Å². The molecule has 0 radical (unpaired) electrons. The number of benzene rings is 2. The summed E-state index contributed by atoms with van der Waals surface area (Å²) in [6, 6.07) is 20.3. The maximum Gasteiger partial charge on any atom is 0.225 e. The van der Waals surface area contributed by atoms with Crippen molar-refractivity contribution in [1.82, 2.24) is 5.32 Å². The third kappa shape index (κ3) is 3.52. The molecule has 0 saturated heterocycles. The minimum Gasteiger partial charge on any atom is -0.320 e. The number of allylic oxidation sites excluding steroid dienone is 1. The van der Waals surface area contributed by atoms with Gasteiger partial charge in [-0.3, -0.25) is 4.79 Å². The molecule has 1 aliphatic heterocycles. The third-order valence-corrected chi connectivity index (χ3v) is 5.23. The van der Waals surface area contributed by atoms with E-state index in [-0.39, 0.29) is 11.8 Å². The molecule has 1 heterocycles. The first-order valence-electron chi connectivity index (χ1n) is 7.85. The molecule has 3 rings (SSSR count). The molecule has 0 unspecified atom stereocenters. The summed E-state index contributed by atoms with van der Waals surface area (Å²) in [6.07, 6.45) is 0.323. The third-order valence-electron chi connectivity index (χ3n) is 4.15. The van der Waals surface area contributed by atoms with Gasteiger partial charge in [0.1, 0.15) is 0 Å². The van der Waals surface area contributed by atoms with Gasteiger partial charge >= 0.3 is 0 Å². The van der Waals surface area contributed by atoms with E-state index in [1.165, 1.54) is 17.3 Å². The Morgan fingerprint density at radius 3 is 2.58 bits per heavy atom. The average Bonchev–Trinajstić information content (AvgIpc) is 2.61. The Morgan fingerprint density at radius 2 is 1.88 bits per heavy atom. The minimum absolute atomic E-state index is 0.0298. The van der Waals surface area contributed by atoms with E-state index in [9.17, 15) is 10.1 Å². The summed E-state index contributed by atoms with van der Waals surface area (Å²) >= 11 is 1.52. The van der Waals surface area contributed by atoms with Crippen molar-refractivity contribution < 1.29 is 4.79 Å². The van der Waals surface area contributed by atoms with E-state index < -0.39 is 0 Å². The predicted octanol–water partition coefficient (Wildman–Crippen LogP) is 4.27. The lowest BCUT2D eigenvalue weighted by molar-refractivity contribution is -0.120. The topological polar surface area (TPSA) is 52.9 Å². The van der Waals surface area contributed by atoms with Gasteiger partial charge in [-0.25, -0.2) is 0 Å². The van der Waals surface area contributed by atoms with Crippen LogP contribution in [0.15, 0.2) is 65.2 Å². The van der Waals surface area contributed by atoms with E-state index in [4.69, 9.17) is 0 Å². The maximum absolute atomic E-state index is 12.2. The summed E-state index contributed by atoms with van der Waals surface area (Å²) in [4.78, 5) is 12.2. The molecule has 0 spiro atoms. The summed E-state index contributed by atoms with van der Waals surface area (Å²) in [6.45, 7) is 2.02. The summed E-state index contributed by atoms with van der Waals surface area (Å²) in [5.74, 6) is 0.531. The van der Waals surface area contributed by atoms with Crippen LogP contribution in [0.25, 0.3) is 0 Å². The first-order valence-corrected chi connectivity index (χ1v) is 8.84. The molecule has 24 heavy (non-hydrogen) atoms. The molecule has 0 fully saturated rings. The van der Waals surface area contributed by atoms with Crippen molar-refractivity contribution in [3.63, 3.8) is 0 Å². The lowest BCUT2D eigenvalue weighted by atomic mass is 9.85. The fraction of sp³-hybridized carbons (Fsp3) is 0.200. The van der Waals surface area contributed by atoms with Crippen LogP contribution in [0.5, 0.6) is 0 Å². The molecule has 0 bridgehead atoms. The van der Waals surface area contributed by atoms with Crippen molar-refractivity contribution in [3.8, 4) is 6.07 Å². The zero-order valence-corrected chi connectivity index (χ0v) is 14.3. The van der Waals surface area contributed by atoms with E-state index in [1.807, 2.05) is 61.5 Å². The quantitative estimate of drug-likeness (QED) is 0.908. The highest BCUT2D eigenvalue weighted by atomic mass is 32.2. The Morgan fingerprint density at radius 1 is 1.17 bits per heavy atom. The van der Waals surface area contributed by atoms with Gasteiger partial charge in [-0.05, 0) is 23.6 Å². The van der Waals surface area contributed by atoms with Crippen LogP contribution in [0.2, 0.25) is 0 Å². The van der Waals surface area contributed by atoms with Crippen molar-refractivity contribution in [2.75, 3.05) is 0 Å². The van der Waals surface area contributed by atoms with E-state index in [2.05, 4.69) is 11.4 Å². The van der Waals surface area contributed by atoms with E-state index >= 15 is 0 Å². The van der Waals surface area contributed by atoms with E-state index in [0.29, 0.717) is 17.0 Å². The van der Waals surface area contributed by atoms with Gasteiger partial charge in [0.2, 0.25) is 5.91 Å². The van der Waals surface area contributed by atoms with Crippen molar-refractivity contribution >= 4 is 17.7 Å². The van der Waals surface area contributed by atoms with E-state index in [1.54, 1.807) is 0 Å². The van der Waals surface area contributed by atoms with Crippen LogP contribution in [0.3, 0.4) is 0 Å². The van der Waals surface area contributed by atoms with Crippen LogP contribution in [0, 0.1) is 18.3 Å². The average molecular weight is 334 g/mol. The van der Waals surface area contributed by atoms with Crippen molar-refractivity contribution in [2.24, 2.45) is 0 Å². The number of thioether (sulfide) groups is 1. The Balaban J connectivity index is 1.91. The van der Waals surface area contributed by atoms with Gasteiger partial charge in [-0.1, -0.05) is 54.6 Å². The number of hydrogen-bond acceptors (Lipinski definition) is 3. The fourth-order valence-electron chi connectivity index (χ4n) is 2.91. The van der Waals surface area contributed by atoms with Crippen LogP contribution in [0.1, 0.15) is 29.0 Å². The standard InChI is InChI=1S/C20H18N2OS/c1-14-7-5-6-10-16(14)17-11-19(23)22-20(18(17)12-21)24-13-15-8-3-2-4-9-15/h2-10,17H,11,13H2,1H3,(H,22,23)/t17-/m0/s1. The highest BCUT2D eigenvalue weighted by Gasteiger charge is 2.30. The Hall–Kier alpha value is -2.51. The molecule has 2 aromatic rings. The zero-order valence-electron chi connectivity index (χ0n) is 13.5. The van der Waals surface area contributed by atoms with Gasteiger partial charge in [-0.15, -0.1) is 11.8 Å². The molecular formula is C20H18N2OS. The lowest BCUT2D eigenvalue weighted by Gasteiger charge is -2.26. The maximum atomic E-state index is 12.2. The number of amides is 1. The van der Waals surface area contributed by atoms with Gasteiger partial charge in [0.15, 0.2) is 0 Å². The van der Waals surface area contributed by atoms with Crippen LogP contribution in [0.4, 0.5) is 0 Å². The Kier molecular flexibility index (Phi) is 5.02. The molecule has 0 saturated carbocycles.